The van der Waals surface area contributed by atoms with Crippen LogP contribution < -0.4 is 10.7 Å². The standard InChI is InChI=1S/C11H14N2O.C7H9N.C2H6/c1-10(14)13-12-9-5-8-11-6-3-2-4-7-11;1-8-7-5-3-2-4-6-7;1-2/h2-4,6-7,9H,5,8H2,1H3,(H,13,14);2-6,8H,1H3;1-2H3/b12-9-;;. The van der Waals surface area contributed by atoms with E-state index in [0.29, 0.717) is 0 Å². The van der Waals surface area contributed by atoms with E-state index in [4.69, 9.17) is 0 Å². The van der Waals surface area contributed by atoms with Crippen molar-refractivity contribution in [1.29, 1.82) is 0 Å². The molecule has 2 N–H and O–H groups in total. The van der Waals surface area contributed by atoms with E-state index < -0.39 is 0 Å². The minimum absolute atomic E-state index is 0.138. The lowest BCUT2D eigenvalue weighted by molar-refractivity contribution is -0.118. The van der Waals surface area contributed by atoms with Gasteiger partial charge in [0.1, 0.15) is 0 Å². The number of para-hydroxylation sites is 1. The SMILES string of the molecule is CC.CC(=O)N/N=C\CCc1ccccc1.CNc1ccccc1. The number of carbonyl (C=O) groups excluding carboxylic acids is 1. The van der Waals surface area contributed by atoms with Crippen molar-refractivity contribution in [2.45, 2.75) is 33.6 Å². The molecule has 130 valence electrons. The number of aryl methyl sites for hydroxylation is 1. The number of hydrogen-bond acceptors (Lipinski definition) is 3. The highest BCUT2D eigenvalue weighted by atomic mass is 16.2. The van der Waals surface area contributed by atoms with Gasteiger partial charge in [-0.25, -0.2) is 5.43 Å². The second kappa shape index (κ2) is 15.3. The molecule has 0 unspecified atom stereocenters. The number of amides is 1. The van der Waals surface area contributed by atoms with Crippen LogP contribution in [0.5, 0.6) is 0 Å². The second-order valence-corrected chi connectivity index (χ2v) is 4.62. The molecule has 0 radical (unpaired) electrons. The van der Waals surface area contributed by atoms with E-state index in [-0.39, 0.29) is 5.91 Å². The minimum atomic E-state index is -0.138. The van der Waals surface area contributed by atoms with Crippen molar-refractivity contribution in [2.75, 3.05) is 12.4 Å². The molecule has 0 spiro atoms. The first-order valence-corrected chi connectivity index (χ1v) is 8.27. The van der Waals surface area contributed by atoms with Crippen molar-refractivity contribution >= 4 is 17.8 Å². The molecule has 0 aliphatic rings. The molecule has 0 fully saturated rings. The van der Waals surface area contributed by atoms with Crippen molar-refractivity contribution in [1.82, 2.24) is 5.43 Å². The molecule has 1 amide bonds. The van der Waals surface area contributed by atoms with Gasteiger partial charge in [0.25, 0.3) is 0 Å². The van der Waals surface area contributed by atoms with Crippen LogP contribution in [0.1, 0.15) is 32.8 Å². The van der Waals surface area contributed by atoms with Gasteiger partial charge in [-0.2, -0.15) is 5.10 Å². The summed E-state index contributed by atoms with van der Waals surface area (Å²) in [5.74, 6) is -0.138. The number of carbonyl (C=O) groups is 1. The van der Waals surface area contributed by atoms with Crippen LogP contribution in [0, 0.1) is 0 Å². The summed E-state index contributed by atoms with van der Waals surface area (Å²) in [5.41, 5.74) is 4.80. The molecule has 0 aromatic heterocycles. The van der Waals surface area contributed by atoms with Gasteiger partial charge in [0, 0.05) is 25.9 Å². The lowest BCUT2D eigenvalue weighted by Crippen LogP contribution is -2.12. The predicted octanol–water partition coefficient (Wildman–Crippen LogP) is 4.50. The molecule has 0 aliphatic heterocycles. The fourth-order valence-corrected chi connectivity index (χ4v) is 1.68. The summed E-state index contributed by atoms with van der Waals surface area (Å²) < 4.78 is 0. The number of rotatable bonds is 5. The zero-order chi connectivity index (χ0) is 18.0. The average molecular weight is 327 g/mol. The first kappa shape index (κ1) is 21.4. The van der Waals surface area contributed by atoms with Crippen LogP contribution in [-0.4, -0.2) is 19.2 Å². The molecule has 0 saturated heterocycles. The first-order chi connectivity index (χ1) is 11.7. The third-order valence-electron chi connectivity index (χ3n) is 2.78. The van der Waals surface area contributed by atoms with Crippen LogP contribution in [0.3, 0.4) is 0 Å². The number of benzene rings is 2. The predicted molar refractivity (Wildman–Crippen MR) is 104 cm³/mol. The summed E-state index contributed by atoms with van der Waals surface area (Å²) in [7, 11) is 1.91. The third kappa shape index (κ3) is 12.0. The summed E-state index contributed by atoms with van der Waals surface area (Å²) >= 11 is 0. The Morgan fingerprint density at radius 1 is 1.00 bits per heavy atom. The lowest BCUT2D eigenvalue weighted by atomic mass is 10.1. The number of hydrazone groups is 1. The summed E-state index contributed by atoms with van der Waals surface area (Å²) in [6, 6.07) is 20.2. The van der Waals surface area contributed by atoms with Crippen LogP contribution in [0.15, 0.2) is 65.8 Å². The van der Waals surface area contributed by atoms with Gasteiger partial charge >= 0.3 is 0 Å². The molecule has 0 heterocycles. The maximum atomic E-state index is 10.5. The van der Waals surface area contributed by atoms with Crippen LogP contribution in [-0.2, 0) is 11.2 Å². The molecule has 2 rings (SSSR count). The molecular weight excluding hydrogens is 298 g/mol. The molecular formula is C20H29N3O. The van der Waals surface area contributed by atoms with E-state index in [1.807, 2.05) is 69.4 Å². The highest BCUT2D eigenvalue weighted by Crippen LogP contribution is 2.01. The monoisotopic (exact) mass is 327 g/mol. The number of hydrogen-bond donors (Lipinski definition) is 2. The quantitative estimate of drug-likeness (QED) is 0.628. The van der Waals surface area contributed by atoms with Crippen LogP contribution in [0.4, 0.5) is 5.69 Å². The molecule has 0 saturated carbocycles. The molecule has 24 heavy (non-hydrogen) atoms. The van der Waals surface area contributed by atoms with E-state index in [9.17, 15) is 4.79 Å². The van der Waals surface area contributed by atoms with Crippen molar-refractivity contribution in [3.8, 4) is 0 Å². The largest absolute Gasteiger partial charge is 0.388 e. The van der Waals surface area contributed by atoms with Crippen molar-refractivity contribution in [2.24, 2.45) is 5.10 Å². The molecule has 2 aromatic rings. The van der Waals surface area contributed by atoms with E-state index in [0.717, 1.165) is 18.5 Å². The minimum Gasteiger partial charge on any atom is -0.388 e. The molecule has 4 nitrogen and oxygen atoms in total. The van der Waals surface area contributed by atoms with Crippen LogP contribution in [0.2, 0.25) is 0 Å². The summed E-state index contributed by atoms with van der Waals surface area (Å²) in [5, 5.41) is 6.79. The van der Waals surface area contributed by atoms with Gasteiger partial charge in [0.05, 0.1) is 0 Å². The van der Waals surface area contributed by atoms with E-state index in [1.54, 1.807) is 6.21 Å². The highest BCUT2D eigenvalue weighted by Gasteiger charge is 1.88. The Hall–Kier alpha value is -2.62. The smallest absolute Gasteiger partial charge is 0.236 e. The Morgan fingerprint density at radius 2 is 1.54 bits per heavy atom. The topological polar surface area (TPSA) is 53.5 Å². The fourth-order valence-electron chi connectivity index (χ4n) is 1.68. The summed E-state index contributed by atoms with van der Waals surface area (Å²) in [4.78, 5) is 10.5. The van der Waals surface area contributed by atoms with Gasteiger partial charge in [0.2, 0.25) is 5.91 Å². The normalized spacial score (nSPS) is 9.17. The Bertz CT molecular complexity index is 554. The zero-order valence-electron chi connectivity index (χ0n) is 15.1. The molecule has 0 aliphatic carbocycles. The third-order valence-corrected chi connectivity index (χ3v) is 2.78. The Kier molecular flexibility index (Phi) is 13.6. The van der Waals surface area contributed by atoms with Gasteiger partial charge in [-0.05, 0) is 30.5 Å². The number of nitrogens with zero attached hydrogens (tertiary/aromatic N) is 1. The first-order valence-electron chi connectivity index (χ1n) is 8.27. The van der Waals surface area contributed by atoms with Crippen molar-refractivity contribution in [3.05, 3.63) is 66.2 Å². The molecule has 0 atom stereocenters. The Morgan fingerprint density at radius 3 is 2.00 bits per heavy atom. The Balaban J connectivity index is 0.000000447. The zero-order valence-corrected chi connectivity index (χ0v) is 15.1. The van der Waals surface area contributed by atoms with E-state index in [1.165, 1.54) is 12.5 Å². The second-order valence-electron chi connectivity index (χ2n) is 4.62. The average Bonchev–Trinajstić information content (AvgIpc) is 2.65. The Labute approximate surface area is 146 Å². The van der Waals surface area contributed by atoms with Gasteiger partial charge in [-0.15, -0.1) is 0 Å². The van der Waals surface area contributed by atoms with Crippen molar-refractivity contribution < 1.29 is 4.79 Å². The van der Waals surface area contributed by atoms with Crippen LogP contribution >= 0.6 is 0 Å². The number of nitrogens with one attached hydrogen (secondary N) is 2. The molecule has 0 bridgehead atoms. The van der Waals surface area contributed by atoms with Gasteiger partial charge < -0.3 is 5.32 Å². The maximum absolute atomic E-state index is 10.5. The van der Waals surface area contributed by atoms with Gasteiger partial charge in [0.15, 0.2) is 0 Å². The maximum Gasteiger partial charge on any atom is 0.236 e. The summed E-state index contributed by atoms with van der Waals surface area (Å²) in [6.07, 6.45) is 3.50. The molecule has 2 aromatic carbocycles. The molecule has 4 heteroatoms. The van der Waals surface area contributed by atoms with Crippen molar-refractivity contribution in [3.63, 3.8) is 0 Å². The van der Waals surface area contributed by atoms with E-state index >= 15 is 0 Å². The number of anilines is 1. The highest BCUT2D eigenvalue weighted by molar-refractivity contribution is 5.73. The summed E-state index contributed by atoms with van der Waals surface area (Å²) in [6.45, 7) is 5.44. The van der Waals surface area contributed by atoms with Gasteiger partial charge in [-0.1, -0.05) is 62.4 Å². The lowest BCUT2D eigenvalue weighted by Gasteiger charge is -1.96. The van der Waals surface area contributed by atoms with Gasteiger partial charge in [-0.3, -0.25) is 4.79 Å². The van der Waals surface area contributed by atoms with E-state index in [2.05, 4.69) is 28.0 Å². The van der Waals surface area contributed by atoms with Crippen LogP contribution in [0.25, 0.3) is 0 Å². The fraction of sp³-hybridized carbons (Fsp3) is 0.300.